The maximum atomic E-state index is 14.5. The SMILES string of the molecule is COC(=O)c1cc(C2CC2)c(OCC2CCN(Cc3cc(F)ccc3NC(C)C)CC2)cc1F. The Morgan fingerprint density at radius 2 is 1.85 bits per heavy atom. The quantitative estimate of drug-likeness (QED) is 0.472. The summed E-state index contributed by atoms with van der Waals surface area (Å²) in [6, 6.07) is 8.13. The first kappa shape index (κ1) is 24.5. The van der Waals surface area contributed by atoms with Crippen LogP contribution in [0.15, 0.2) is 30.3 Å². The van der Waals surface area contributed by atoms with Crippen molar-refractivity contribution in [3.63, 3.8) is 0 Å². The van der Waals surface area contributed by atoms with Crippen LogP contribution < -0.4 is 10.1 Å². The minimum Gasteiger partial charge on any atom is -0.493 e. The summed E-state index contributed by atoms with van der Waals surface area (Å²) in [5.74, 6) is -0.262. The first-order valence-corrected chi connectivity index (χ1v) is 12.2. The van der Waals surface area contributed by atoms with Crippen molar-refractivity contribution in [2.75, 3.05) is 32.1 Å². The molecule has 4 rings (SSSR count). The molecule has 5 nitrogen and oxygen atoms in total. The predicted molar refractivity (Wildman–Crippen MR) is 128 cm³/mol. The number of piperidine rings is 1. The van der Waals surface area contributed by atoms with Gasteiger partial charge in [-0.1, -0.05) is 0 Å². The molecule has 1 saturated carbocycles. The first-order valence-electron chi connectivity index (χ1n) is 12.2. The molecule has 7 heteroatoms. The average Bonchev–Trinajstić information content (AvgIpc) is 3.65. The fourth-order valence-electron chi connectivity index (χ4n) is 4.58. The summed E-state index contributed by atoms with van der Waals surface area (Å²) in [7, 11) is 1.26. The molecule has 1 saturated heterocycles. The van der Waals surface area contributed by atoms with Crippen molar-refractivity contribution in [3.8, 4) is 5.75 Å². The number of nitrogens with one attached hydrogen (secondary N) is 1. The van der Waals surface area contributed by atoms with Crippen molar-refractivity contribution in [1.29, 1.82) is 0 Å². The van der Waals surface area contributed by atoms with Gasteiger partial charge in [-0.2, -0.15) is 0 Å². The molecule has 2 aliphatic rings. The number of rotatable bonds is 9. The number of nitrogens with zero attached hydrogens (tertiary/aromatic N) is 1. The molecule has 184 valence electrons. The van der Waals surface area contributed by atoms with E-state index in [-0.39, 0.29) is 17.4 Å². The van der Waals surface area contributed by atoms with Gasteiger partial charge in [0.05, 0.1) is 19.3 Å². The number of esters is 1. The zero-order chi connectivity index (χ0) is 24.2. The number of likely N-dealkylation sites (tertiary alicyclic amines) is 1. The fraction of sp³-hybridized carbons (Fsp3) is 0.519. The Bertz CT molecular complexity index is 1020. The van der Waals surface area contributed by atoms with E-state index in [9.17, 15) is 13.6 Å². The van der Waals surface area contributed by atoms with E-state index in [0.717, 1.165) is 55.6 Å². The van der Waals surface area contributed by atoms with Gasteiger partial charge in [0.1, 0.15) is 17.4 Å². The molecule has 0 amide bonds. The zero-order valence-corrected chi connectivity index (χ0v) is 20.2. The van der Waals surface area contributed by atoms with Crippen molar-refractivity contribution in [2.45, 2.75) is 58.0 Å². The molecule has 0 atom stereocenters. The molecule has 1 N–H and O–H groups in total. The van der Waals surface area contributed by atoms with Crippen LogP contribution in [-0.2, 0) is 11.3 Å². The minimum absolute atomic E-state index is 0.0336. The Kier molecular flexibility index (Phi) is 7.71. The van der Waals surface area contributed by atoms with Gasteiger partial charge in [-0.15, -0.1) is 0 Å². The summed E-state index contributed by atoms with van der Waals surface area (Å²) in [4.78, 5) is 14.2. The first-order chi connectivity index (χ1) is 16.3. The molecule has 0 unspecified atom stereocenters. The normalized spacial score (nSPS) is 17.1. The second-order valence-corrected chi connectivity index (χ2v) is 9.77. The molecule has 0 spiro atoms. The van der Waals surface area contributed by atoms with E-state index in [2.05, 4.69) is 24.1 Å². The van der Waals surface area contributed by atoms with Gasteiger partial charge in [0.25, 0.3) is 0 Å². The van der Waals surface area contributed by atoms with E-state index in [1.165, 1.54) is 19.2 Å². The summed E-state index contributed by atoms with van der Waals surface area (Å²) >= 11 is 0. The average molecular weight is 473 g/mol. The Morgan fingerprint density at radius 3 is 2.50 bits per heavy atom. The maximum Gasteiger partial charge on any atom is 0.340 e. The Morgan fingerprint density at radius 1 is 1.12 bits per heavy atom. The lowest BCUT2D eigenvalue weighted by atomic mass is 9.97. The molecule has 0 bridgehead atoms. The number of carbonyl (C=O) groups excluding carboxylic acids is 1. The van der Waals surface area contributed by atoms with E-state index in [1.54, 1.807) is 12.1 Å². The van der Waals surface area contributed by atoms with Crippen LogP contribution in [0, 0.1) is 17.6 Å². The molecule has 2 fully saturated rings. The lowest BCUT2D eigenvalue weighted by Gasteiger charge is -2.32. The van der Waals surface area contributed by atoms with E-state index < -0.39 is 11.8 Å². The van der Waals surface area contributed by atoms with Crippen molar-refractivity contribution >= 4 is 11.7 Å². The smallest absolute Gasteiger partial charge is 0.340 e. The molecule has 34 heavy (non-hydrogen) atoms. The molecule has 1 aliphatic heterocycles. The monoisotopic (exact) mass is 472 g/mol. The molecular weight excluding hydrogens is 438 g/mol. The zero-order valence-electron chi connectivity index (χ0n) is 20.2. The second kappa shape index (κ2) is 10.7. The van der Waals surface area contributed by atoms with Crippen LogP contribution in [-0.4, -0.2) is 43.7 Å². The van der Waals surface area contributed by atoms with Crippen LogP contribution in [0.3, 0.4) is 0 Å². The topological polar surface area (TPSA) is 50.8 Å². The van der Waals surface area contributed by atoms with E-state index >= 15 is 0 Å². The van der Waals surface area contributed by atoms with Crippen molar-refractivity contribution in [3.05, 3.63) is 58.7 Å². The van der Waals surface area contributed by atoms with Gasteiger partial charge >= 0.3 is 5.97 Å². The summed E-state index contributed by atoms with van der Waals surface area (Å²) < 4.78 is 39.1. The number of methoxy groups -OCH3 is 1. The van der Waals surface area contributed by atoms with Gasteiger partial charge in [0.15, 0.2) is 0 Å². The summed E-state index contributed by atoms with van der Waals surface area (Å²) in [6.07, 6.45) is 3.97. The molecule has 2 aromatic carbocycles. The van der Waals surface area contributed by atoms with Crippen molar-refractivity contribution in [2.24, 2.45) is 5.92 Å². The number of benzene rings is 2. The number of ether oxygens (including phenoxy) is 2. The van der Waals surface area contributed by atoms with Gasteiger partial charge in [0, 0.05) is 24.3 Å². The Balaban J connectivity index is 1.34. The van der Waals surface area contributed by atoms with E-state index in [4.69, 9.17) is 9.47 Å². The standard InChI is InChI=1S/C27H34F2N2O3/c1-17(2)30-25-7-6-21(28)12-20(25)15-31-10-8-18(9-11-31)16-34-26-14-24(29)23(27(32)33-3)13-22(26)19-4-5-19/h6-7,12-14,17-19,30H,4-5,8-11,15-16H2,1-3H3. The van der Waals surface area contributed by atoms with E-state index in [1.807, 2.05) is 6.07 Å². The van der Waals surface area contributed by atoms with Crippen molar-refractivity contribution in [1.82, 2.24) is 4.90 Å². The number of hydrogen-bond donors (Lipinski definition) is 1. The number of hydrogen-bond acceptors (Lipinski definition) is 5. The van der Waals surface area contributed by atoms with Crippen LogP contribution in [0.1, 0.15) is 66.9 Å². The Hall–Kier alpha value is -2.67. The lowest BCUT2D eigenvalue weighted by molar-refractivity contribution is 0.0595. The third kappa shape index (κ3) is 6.06. The van der Waals surface area contributed by atoms with Gasteiger partial charge in [-0.25, -0.2) is 13.6 Å². The highest BCUT2D eigenvalue weighted by molar-refractivity contribution is 5.90. The van der Waals surface area contributed by atoms with Crippen LogP contribution in [0.2, 0.25) is 0 Å². The van der Waals surface area contributed by atoms with E-state index in [0.29, 0.717) is 30.7 Å². The lowest BCUT2D eigenvalue weighted by Crippen LogP contribution is -2.35. The number of halogens is 2. The fourth-order valence-corrected chi connectivity index (χ4v) is 4.58. The van der Waals surface area contributed by atoms with Crippen LogP contribution in [0.5, 0.6) is 5.75 Å². The highest BCUT2D eigenvalue weighted by atomic mass is 19.1. The highest BCUT2D eigenvalue weighted by Gasteiger charge is 2.30. The minimum atomic E-state index is -0.664. The summed E-state index contributed by atoms with van der Waals surface area (Å²) in [6.45, 7) is 7.16. The van der Waals surface area contributed by atoms with Gasteiger partial charge in [0.2, 0.25) is 0 Å². The van der Waals surface area contributed by atoms with Crippen LogP contribution in [0.25, 0.3) is 0 Å². The van der Waals surface area contributed by atoms with Gasteiger partial charge in [-0.05, 0) is 99.8 Å². The third-order valence-corrected chi connectivity index (χ3v) is 6.61. The van der Waals surface area contributed by atoms with Crippen LogP contribution >= 0.6 is 0 Å². The third-order valence-electron chi connectivity index (χ3n) is 6.61. The number of carbonyl (C=O) groups is 1. The molecule has 1 aliphatic carbocycles. The molecule has 2 aromatic rings. The molecule has 1 heterocycles. The Labute approximate surface area is 200 Å². The highest BCUT2D eigenvalue weighted by Crippen LogP contribution is 2.45. The predicted octanol–water partition coefficient (Wildman–Crippen LogP) is 5.74. The van der Waals surface area contributed by atoms with Gasteiger partial charge in [-0.3, -0.25) is 4.90 Å². The van der Waals surface area contributed by atoms with Gasteiger partial charge < -0.3 is 14.8 Å². The number of anilines is 1. The molecule has 0 radical (unpaired) electrons. The summed E-state index contributed by atoms with van der Waals surface area (Å²) in [5, 5.41) is 3.40. The summed E-state index contributed by atoms with van der Waals surface area (Å²) in [5.41, 5.74) is 2.81. The molecule has 0 aromatic heterocycles. The largest absolute Gasteiger partial charge is 0.493 e. The second-order valence-electron chi connectivity index (χ2n) is 9.77. The maximum absolute atomic E-state index is 14.5. The van der Waals surface area contributed by atoms with Crippen LogP contribution in [0.4, 0.5) is 14.5 Å². The molecular formula is C27H34F2N2O3. The van der Waals surface area contributed by atoms with Crippen molar-refractivity contribution < 1.29 is 23.0 Å².